The molecule has 0 saturated heterocycles. The third-order valence-electron chi connectivity index (χ3n) is 2.74. The second kappa shape index (κ2) is 5.75. The van der Waals surface area contributed by atoms with Gasteiger partial charge in [-0.15, -0.1) is 0 Å². The third kappa shape index (κ3) is 2.82. The van der Waals surface area contributed by atoms with Gasteiger partial charge in [-0.2, -0.15) is 10.2 Å². The van der Waals surface area contributed by atoms with Gasteiger partial charge in [0.2, 0.25) is 0 Å². The Bertz CT molecular complexity index is 594. The molecule has 0 radical (unpaired) electrons. The molecule has 0 unspecified atom stereocenters. The number of rotatable bonds is 4. The summed E-state index contributed by atoms with van der Waals surface area (Å²) in [7, 11) is 1.71. The Morgan fingerprint density at radius 3 is 2.89 bits per heavy atom. The van der Waals surface area contributed by atoms with Crippen molar-refractivity contribution in [3.8, 4) is 0 Å². The zero-order valence-electron chi connectivity index (χ0n) is 10.5. The normalized spacial score (nSPS) is 10.7. The number of hydrogen-bond donors (Lipinski definition) is 1. The summed E-state index contributed by atoms with van der Waals surface area (Å²) in [5, 5.41) is 11.2. The summed E-state index contributed by atoms with van der Waals surface area (Å²) in [5.41, 5.74) is 1.23. The number of aromatic nitrogens is 4. The number of aromatic amines is 1. The molecule has 0 aromatic carbocycles. The second-order valence-corrected chi connectivity index (χ2v) is 5.27. The van der Waals surface area contributed by atoms with Crippen LogP contribution in [0.3, 0.4) is 0 Å². The summed E-state index contributed by atoms with van der Waals surface area (Å²) < 4.78 is 2.41. The van der Waals surface area contributed by atoms with Crippen molar-refractivity contribution in [1.82, 2.24) is 24.9 Å². The van der Waals surface area contributed by atoms with Crippen molar-refractivity contribution in [3.05, 3.63) is 33.3 Å². The molecular weight excluding hydrogens is 334 g/mol. The van der Waals surface area contributed by atoms with E-state index in [1.54, 1.807) is 29.0 Å². The van der Waals surface area contributed by atoms with Crippen LogP contribution < -0.4 is 0 Å². The van der Waals surface area contributed by atoms with Crippen LogP contribution in [0.2, 0.25) is 5.02 Å². The summed E-state index contributed by atoms with van der Waals surface area (Å²) in [4.78, 5) is 13.8. The minimum Gasteiger partial charge on any atom is -0.334 e. The van der Waals surface area contributed by atoms with Crippen molar-refractivity contribution < 1.29 is 4.79 Å². The Balaban J connectivity index is 2.17. The lowest BCUT2D eigenvalue weighted by Gasteiger charge is -2.17. The summed E-state index contributed by atoms with van der Waals surface area (Å²) in [6.07, 6.45) is 3.13. The van der Waals surface area contributed by atoms with Crippen molar-refractivity contribution in [2.75, 3.05) is 7.05 Å². The SMILES string of the molecule is CCn1ncc(Cl)c1CN(C)C(=O)c1[nH]ncc1Br. The van der Waals surface area contributed by atoms with E-state index in [-0.39, 0.29) is 5.91 Å². The van der Waals surface area contributed by atoms with Gasteiger partial charge in [-0.05, 0) is 22.9 Å². The molecule has 2 aromatic heterocycles. The topological polar surface area (TPSA) is 66.8 Å². The van der Waals surface area contributed by atoms with Crippen LogP contribution in [0.15, 0.2) is 16.9 Å². The Labute approximate surface area is 123 Å². The van der Waals surface area contributed by atoms with E-state index in [9.17, 15) is 4.79 Å². The maximum atomic E-state index is 12.2. The molecule has 0 bridgehead atoms. The summed E-state index contributed by atoms with van der Waals surface area (Å²) >= 11 is 9.35. The Morgan fingerprint density at radius 1 is 1.58 bits per heavy atom. The molecular formula is C11H13BrClN5O. The number of nitrogens with one attached hydrogen (secondary N) is 1. The van der Waals surface area contributed by atoms with Gasteiger partial charge in [-0.3, -0.25) is 14.6 Å². The molecule has 2 aromatic rings. The highest BCUT2D eigenvalue weighted by Gasteiger charge is 2.19. The minimum atomic E-state index is -0.163. The van der Waals surface area contributed by atoms with Crippen molar-refractivity contribution >= 4 is 33.4 Å². The van der Waals surface area contributed by atoms with E-state index >= 15 is 0 Å². The highest BCUT2D eigenvalue weighted by Crippen LogP contribution is 2.19. The maximum absolute atomic E-state index is 12.2. The molecule has 0 aliphatic heterocycles. The Kier molecular flexibility index (Phi) is 4.26. The average Bonchev–Trinajstić information content (AvgIpc) is 2.96. The van der Waals surface area contributed by atoms with E-state index in [1.165, 1.54) is 0 Å². The van der Waals surface area contributed by atoms with Gasteiger partial charge < -0.3 is 4.90 Å². The lowest BCUT2D eigenvalue weighted by atomic mass is 10.3. The van der Waals surface area contributed by atoms with Gasteiger partial charge in [0, 0.05) is 13.6 Å². The molecule has 8 heteroatoms. The van der Waals surface area contributed by atoms with Gasteiger partial charge in [0.25, 0.3) is 5.91 Å². The third-order valence-corrected chi connectivity index (χ3v) is 3.65. The molecule has 0 aliphatic rings. The van der Waals surface area contributed by atoms with E-state index in [4.69, 9.17) is 11.6 Å². The Hall–Kier alpha value is -1.34. The van der Waals surface area contributed by atoms with E-state index in [0.717, 1.165) is 5.69 Å². The summed E-state index contributed by atoms with van der Waals surface area (Å²) in [6, 6.07) is 0. The molecule has 1 N–H and O–H groups in total. The average molecular weight is 347 g/mol. The van der Waals surface area contributed by atoms with Crippen LogP contribution in [0.25, 0.3) is 0 Å². The standard InChI is InChI=1S/C11H13BrClN5O/c1-3-18-9(8(13)5-15-18)6-17(2)11(19)10-7(12)4-14-16-10/h4-5H,3,6H2,1-2H3,(H,14,16). The molecule has 0 spiro atoms. The molecule has 2 rings (SSSR count). The first-order valence-electron chi connectivity index (χ1n) is 5.69. The molecule has 0 atom stereocenters. The highest BCUT2D eigenvalue weighted by molar-refractivity contribution is 9.10. The summed E-state index contributed by atoms with van der Waals surface area (Å²) in [6.45, 7) is 3.06. The molecule has 19 heavy (non-hydrogen) atoms. The number of carbonyl (C=O) groups is 1. The fourth-order valence-corrected chi connectivity index (χ4v) is 2.29. The van der Waals surface area contributed by atoms with Crippen molar-refractivity contribution in [1.29, 1.82) is 0 Å². The zero-order chi connectivity index (χ0) is 14.0. The van der Waals surface area contributed by atoms with Gasteiger partial charge in [-0.1, -0.05) is 11.6 Å². The number of nitrogens with zero attached hydrogens (tertiary/aromatic N) is 4. The van der Waals surface area contributed by atoms with Gasteiger partial charge in [0.1, 0.15) is 5.69 Å². The van der Waals surface area contributed by atoms with Crippen LogP contribution in [0, 0.1) is 0 Å². The number of aryl methyl sites for hydroxylation is 1. The van der Waals surface area contributed by atoms with Crippen LogP contribution in [-0.2, 0) is 13.1 Å². The molecule has 102 valence electrons. The molecule has 2 heterocycles. The molecule has 6 nitrogen and oxygen atoms in total. The van der Waals surface area contributed by atoms with E-state index in [2.05, 4.69) is 31.2 Å². The minimum absolute atomic E-state index is 0.163. The van der Waals surface area contributed by atoms with Gasteiger partial charge in [0.05, 0.1) is 34.1 Å². The fraction of sp³-hybridized carbons (Fsp3) is 0.364. The maximum Gasteiger partial charge on any atom is 0.273 e. The van der Waals surface area contributed by atoms with Crippen molar-refractivity contribution in [3.63, 3.8) is 0 Å². The number of hydrogen-bond acceptors (Lipinski definition) is 3. The largest absolute Gasteiger partial charge is 0.334 e. The van der Waals surface area contributed by atoms with Crippen molar-refractivity contribution in [2.45, 2.75) is 20.0 Å². The highest BCUT2D eigenvalue weighted by atomic mass is 79.9. The van der Waals surface area contributed by atoms with Crippen molar-refractivity contribution in [2.24, 2.45) is 0 Å². The predicted octanol–water partition coefficient (Wildman–Crippen LogP) is 2.31. The van der Waals surface area contributed by atoms with E-state index in [1.807, 2.05) is 6.92 Å². The molecule has 1 amide bonds. The monoisotopic (exact) mass is 345 g/mol. The molecule has 0 saturated carbocycles. The predicted molar refractivity (Wildman–Crippen MR) is 75.0 cm³/mol. The van der Waals surface area contributed by atoms with Gasteiger partial charge in [0.15, 0.2) is 0 Å². The van der Waals surface area contributed by atoms with Crippen LogP contribution in [-0.4, -0.2) is 37.8 Å². The smallest absolute Gasteiger partial charge is 0.273 e. The number of amides is 1. The quantitative estimate of drug-likeness (QED) is 0.924. The lowest BCUT2D eigenvalue weighted by Crippen LogP contribution is -2.28. The first kappa shape index (κ1) is 14.1. The fourth-order valence-electron chi connectivity index (χ4n) is 1.73. The summed E-state index contributed by atoms with van der Waals surface area (Å²) in [5.74, 6) is -0.163. The van der Waals surface area contributed by atoms with Crippen LogP contribution in [0.1, 0.15) is 23.1 Å². The van der Waals surface area contributed by atoms with Gasteiger partial charge in [-0.25, -0.2) is 0 Å². The number of H-pyrrole nitrogens is 1. The first-order chi connectivity index (χ1) is 9.04. The van der Waals surface area contributed by atoms with Crippen LogP contribution >= 0.6 is 27.5 Å². The van der Waals surface area contributed by atoms with E-state index < -0.39 is 0 Å². The van der Waals surface area contributed by atoms with Crippen LogP contribution in [0.4, 0.5) is 0 Å². The molecule has 0 aliphatic carbocycles. The van der Waals surface area contributed by atoms with Crippen LogP contribution in [0.5, 0.6) is 0 Å². The number of halogens is 2. The second-order valence-electron chi connectivity index (χ2n) is 4.01. The van der Waals surface area contributed by atoms with Gasteiger partial charge >= 0.3 is 0 Å². The zero-order valence-corrected chi connectivity index (χ0v) is 12.9. The van der Waals surface area contributed by atoms with E-state index in [0.29, 0.717) is 28.3 Å². The first-order valence-corrected chi connectivity index (χ1v) is 6.86. The Morgan fingerprint density at radius 2 is 2.32 bits per heavy atom. The molecule has 0 fully saturated rings. The number of carbonyl (C=O) groups excluding carboxylic acids is 1. The lowest BCUT2D eigenvalue weighted by molar-refractivity contribution is 0.0775.